The summed E-state index contributed by atoms with van der Waals surface area (Å²) >= 11 is 0. The molecule has 0 spiro atoms. The Morgan fingerprint density at radius 3 is 2.48 bits per heavy atom. The van der Waals surface area contributed by atoms with Crippen LogP contribution in [0.15, 0.2) is 54.6 Å². The third-order valence-corrected chi connectivity index (χ3v) is 6.85. The number of methoxy groups -OCH3 is 2. The van der Waals surface area contributed by atoms with Gasteiger partial charge >= 0.3 is 11.9 Å². The quantitative estimate of drug-likeness (QED) is 0.628. The number of benzene rings is 2. The number of carbonyl (C=O) groups excluding carboxylic acids is 2. The molecule has 1 saturated heterocycles. The highest BCUT2D eigenvalue weighted by Crippen LogP contribution is 2.40. The third-order valence-electron chi connectivity index (χ3n) is 6.85. The lowest BCUT2D eigenvalue weighted by Crippen LogP contribution is -2.49. The van der Waals surface area contributed by atoms with Crippen molar-refractivity contribution in [3.05, 3.63) is 71.3 Å². The molecule has 1 aliphatic heterocycles. The van der Waals surface area contributed by atoms with E-state index in [-0.39, 0.29) is 23.3 Å². The van der Waals surface area contributed by atoms with Gasteiger partial charge in [0.1, 0.15) is 0 Å². The minimum atomic E-state index is -0.308. The van der Waals surface area contributed by atoms with Gasteiger partial charge in [-0.15, -0.1) is 0 Å². The Balaban J connectivity index is 1.71. The minimum absolute atomic E-state index is 0.0409. The van der Waals surface area contributed by atoms with Gasteiger partial charge in [-0.25, -0.2) is 4.79 Å². The maximum atomic E-state index is 12.5. The molecule has 5 heteroatoms. The van der Waals surface area contributed by atoms with Gasteiger partial charge in [0, 0.05) is 13.1 Å². The second-order valence-electron chi connectivity index (χ2n) is 8.81. The number of esters is 2. The van der Waals surface area contributed by atoms with Crippen molar-refractivity contribution in [2.24, 2.45) is 11.8 Å². The maximum Gasteiger partial charge on any atom is 0.337 e. The molecule has 3 rings (SSSR count). The van der Waals surface area contributed by atoms with Crippen molar-refractivity contribution in [1.82, 2.24) is 4.90 Å². The summed E-state index contributed by atoms with van der Waals surface area (Å²) in [6.07, 6.45) is 1.63. The minimum Gasteiger partial charge on any atom is -0.469 e. The highest BCUT2D eigenvalue weighted by Gasteiger charge is 2.39. The van der Waals surface area contributed by atoms with Crippen LogP contribution in [0.25, 0.3) is 0 Å². The molecule has 1 aliphatic rings. The van der Waals surface area contributed by atoms with Gasteiger partial charge in [0.2, 0.25) is 0 Å². The van der Waals surface area contributed by atoms with Crippen LogP contribution >= 0.6 is 0 Å². The number of hydrogen-bond acceptors (Lipinski definition) is 5. The highest BCUT2D eigenvalue weighted by molar-refractivity contribution is 5.89. The molecular formula is C26H33NO4. The van der Waals surface area contributed by atoms with Crippen LogP contribution in [0.1, 0.15) is 41.8 Å². The van der Waals surface area contributed by atoms with E-state index in [1.54, 1.807) is 6.07 Å². The summed E-state index contributed by atoms with van der Waals surface area (Å²) in [7, 11) is 2.87. The summed E-state index contributed by atoms with van der Waals surface area (Å²) in [6.45, 7) is 6.99. The molecule has 0 aromatic heterocycles. The van der Waals surface area contributed by atoms with Crippen LogP contribution in [-0.4, -0.2) is 50.7 Å². The van der Waals surface area contributed by atoms with Crippen LogP contribution in [0.4, 0.5) is 0 Å². The molecule has 3 atom stereocenters. The second-order valence-corrected chi connectivity index (χ2v) is 8.81. The molecule has 1 fully saturated rings. The normalized spacial score (nSPS) is 22.5. The number of ether oxygens (including phenoxy) is 2. The van der Waals surface area contributed by atoms with E-state index in [0.717, 1.165) is 30.6 Å². The lowest BCUT2D eigenvalue weighted by atomic mass is 9.67. The molecule has 2 aromatic carbocycles. The number of nitrogens with zero attached hydrogens (tertiary/aromatic N) is 1. The molecule has 0 N–H and O–H groups in total. The standard InChI is InChI=1S/C26H33NO4/c1-19-17-27(18-22(25(29)31-4)15-20-9-6-5-7-10-20)14-13-26(19,2)23-12-8-11-21(16-23)24(28)30-3/h5-12,16,19,22H,13-15,17-18H2,1-4H3. The molecule has 0 aliphatic carbocycles. The van der Waals surface area contributed by atoms with Crippen LogP contribution in [0.5, 0.6) is 0 Å². The average Bonchev–Trinajstić information content (AvgIpc) is 2.80. The second kappa shape index (κ2) is 10.1. The molecule has 2 aromatic rings. The Labute approximate surface area is 185 Å². The Morgan fingerprint density at radius 2 is 1.84 bits per heavy atom. The van der Waals surface area contributed by atoms with Crippen molar-refractivity contribution < 1.29 is 19.1 Å². The Hall–Kier alpha value is -2.66. The van der Waals surface area contributed by atoms with Gasteiger partial charge in [0.05, 0.1) is 25.7 Å². The zero-order valence-corrected chi connectivity index (χ0v) is 19.0. The monoisotopic (exact) mass is 423 g/mol. The molecule has 0 radical (unpaired) electrons. The van der Waals surface area contributed by atoms with Crippen molar-refractivity contribution in [1.29, 1.82) is 0 Å². The summed E-state index contributed by atoms with van der Waals surface area (Å²) in [5, 5.41) is 0. The van der Waals surface area contributed by atoms with Crippen molar-refractivity contribution >= 4 is 11.9 Å². The van der Waals surface area contributed by atoms with Gasteiger partial charge < -0.3 is 14.4 Å². The summed E-state index contributed by atoms with van der Waals surface area (Å²) in [5.74, 6) is -0.288. The molecule has 0 bridgehead atoms. The van der Waals surface area contributed by atoms with E-state index in [0.29, 0.717) is 24.4 Å². The molecular weight excluding hydrogens is 390 g/mol. The van der Waals surface area contributed by atoms with Crippen LogP contribution < -0.4 is 0 Å². The molecule has 1 heterocycles. The van der Waals surface area contributed by atoms with E-state index < -0.39 is 0 Å². The first-order valence-electron chi connectivity index (χ1n) is 10.9. The first-order valence-corrected chi connectivity index (χ1v) is 10.9. The summed E-state index contributed by atoms with van der Waals surface area (Å²) in [4.78, 5) is 26.8. The molecule has 166 valence electrons. The first-order chi connectivity index (χ1) is 14.9. The van der Waals surface area contributed by atoms with E-state index in [2.05, 4.69) is 36.9 Å². The van der Waals surface area contributed by atoms with Crippen molar-refractivity contribution in [2.75, 3.05) is 33.9 Å². The van der Waals surface area contributed by atoms with Crippen molar-refractivity contribution in [3.8, 4) is 0 Å². The van der Waals surface area contributed by atoms with Gasteiger partial charge in [0.25, 0.3) is 0 Å². The van der Waals surface area contributed by atoms with Crippen LogP contribution in [0.3, 0.4) is 0 Å². The Bertz CT molecular complexity index is 897. The van der Waals surface area contributed by atoms with Gasteiger partial charge in [-0.2, -0.15) is 0 Å². The lowest BCUT2D eigenvalue weighted by molar-refractivity contribution is -0.146. The zero-order chi connectivity index (χ0) is 22.4. The molecule has 31 heavy (non-hydrogen) atoms. The van der Waals surface area contributed by atoms with Gasteiger partial charge in [-0.05, 0) is 54.0 Å². The average molecular weight is 424 g/mol. The van der Waals surface area contributed by atoms with Crippen LogP contribution in [0.2, 0.25) is 0 Å². The number of likely N-dealkylation sites (tertiary alicyclic amines) is 1. The topological polar surface area (TPSA) is 55.8 Å². The predicted molar refractivity (Wildman–Crippen MR) is 121 cm³/mol. The SMILES string of the molecule is COC(=O)c1cccc(C2(C)CCN(CC(Cc3ccccc3)C(=O)OC)CC2C)c1. The third kappa shape index (κ3) is 5.34. The van der Waals surface area contributed by atoms with E-state index in [1.807, 2.05) is 30.3 Å². The largest absolute Gasteiger partial charge is 0.469 e. The molecule has 5 nitrogen and oxygen atoms in total. The molecule has 0 saturated carbocycles. The van der Waals surface area contributed by atoms with E-state index >= 15 is 0 Å². The number of hydrogen-bond donors (Lipinski definition) is 0. The van der Waals surface area contributed by atoms with E-state index in [1.165, 1.54) is 14.2 Å². The molecule has 0 amide bonds. The van der Waals surface area contributed by atoms with Crippen molar-refractivity contribution in [3.63, 3.8) is 0 Å². The zero-order valence-electron chi connectivity index (χ0n) is 19.0. The predicted octanol–water partition coefficient (Wildman–Crippen LogP) is 4.10. The fourth-order valence-corrected chi connectivity index (χ4v) is 4.63. The summed E-state index contributed by atoms with van der Waals surface area (Å²) in [6, 6.07) is 17.9. The van der Waals surface area contributed by atoms with E-state index in [9.17, 15) is 9.59 Å². The van der Waals surface area contributed by atoms with Crippen LogP contribution in [0, 0.1) is 11.8 Å². The highest BCUT2D eigenvalue weighted by atomic mass is 16.5. The fourth-order valence-electron chi connectivity index (χ4n) is 4.63. The lowest BCUT2D eigenvalue weighted by Gasteiger charge is -2.45. The first kappa shape index (κ1) is 23.0. The number of piperidine rings is 1. The maximum absolute atomic E-state index is 12.5. The number of rotatable bonds is 7. The molecule has 3 unspecified atom stereocenters. The Morgan fingerprint density at radius 1 is 1.10 bits per heavy atom. The van der Waals surface area contributed by atoms with E-state index in [4.69, 9.17) is 9.47 Å². The van der Waals surface area contributed by atoms with Crippen LogP contribution in [-0.2, 0) is 26.1 Å². The summed E-state index contributed by atoms with van der Waals surface area (Å²) in [5.41, 5.74) is 2.86. The summed E-state index contributed by atoms with van der Waals surface area (Å²) < 4.78 is 9.99. The fraction of sp³-hybridized carbons (Fsp3) is 0.462. The number of carbonyl (C=O) groups is 2. The smallest absolute Gasteiger partial charge is 0.337 e. The van der Waals surface area contributed by atoms with Gasteiger partial charge in [-0.1, -0.05) is 56.3 Å². The Kier molecular flexibility index (Phi) is 7.50. The van der Waals surface area contributed by atoms with Gasteiger partial charge in [-0.3, -0.25) is 4.79 Å². The van der Waals surface area contributed by atoms with Gasteiger partial charge in [0.15, 0.2) is 0 Å². The van der Waals surface area contributed by atoms with Crippen molar-refractivity contribution in [2.45, 2.75) is 32.1 Å².